The van der Waals surface area contributed by atoms with Crippen LogP contribution in [0.25, 0.3) is 0 Å². The van der Waals surface area contributed by atoms with Crippen LogP contribution in [0.1, 0.15) is 38.3 Å². The lowest BCUT2D eigenvalue weighted by Crippen LogP contribution is -2.49. The van der Waals surface area contributed by atoms with E-state index < -0.39 is 17.2 Å². The number of carbonyl (C=O) groups is 1. The van der Waals surface area contributed by atoms with Crippen LogP contribution in [-0.4, -0.2) is 41.3 Å². The summed E-state index contributed by atoms with van der Waals surface area (Å²) < 4.78 is 7.77. The standard InChI is InChI=1S/C22H31N5O4/c1-3-4-10-26-20(23)19(25-11-13-31-14-12-25)21(29)27(22(26)30)15-18(28)24-16(2)17-8-6-5-7-9-17/h5-9,16H,3-4,10-15,23H2,1-2H3,(H,24,28)/t16-/m0/s1. The van der Waals surface area contributed by atoms with Gasteiger partial charge in [0.05, 0.1) is 19.3 Å². The zero-order valence-corrected chi connectivity index (χ0v) is 18.2. The fraction of sp³-hybridized carbons (Fsp3) is 0.500. The highest BCUT2D eigenvalue weighted by Gasteiger charge is 2.24. The van der Waals surface area contributed by atoms with E-state index in [2.05, 4.69) is 5.32 Å². The number of benzene rings is 1. The highest BCUT2D eigenvalue weighted by atomic mass is 16.5. The SMILES string of the molecule is CCCCn1c(N)c(N2CCOCC2)c(=O)n(CC(=O)N[C@@H](C)c2ccccc2)c1=O. The van der Waals surface area contributed by atoms with Crippen molar-refractivity contribution < 1.29 is 9.53 Å². The Morgan fingerprint density at radius 2 is 1.84 bits per heavy atom. The number of rotatable bonds is 8. The number of carbonyl (C=O) groups excluding carboxylic acids is 1. The number of unbranched alkanes of at least 4 members (excludes halogenated alkanes) is 1. The lowest BCUT2D eigenvalue weighted by molar-refractivity contribution is -0.122. The van der Waals surface area contributed by atoms with Gasteiger partial charge in [-0.3, -0.25) is 14.2 Å². The average molecular weight is 430 g/mol. The van der Waals surface area contributed by atoms with Gasteiger partial charge in [-0.25, -0.2) is 9.36 Å². The first-order valence-electron chi connectivity index (χ1n) is 10.7. The number of hydrogen-bond acceptors (Lipinski definition) is 6. The normalized spacial score (nSPS) is 15.0. The van der Waals surface area contributed by atoms with Gasteiger partial charge in [0.2, 0.25) is 5.91 Å². The minimum Gasteiger partial charge on any atom is -0.383 e. The molecule has 1 atom stereocenters. The third-order valence-corrected chi connectivity index (χ3v) is 5.48. The summed E-state index contributed by atoms with van der Waals surface area (Å²) in [5.74, 6) is -0.255. The van der Waals surface area contributed by atoms with Gasteiger partial charge in [0.25, 0.3) is 5.56 Å². The van der Waals surface area contributed by atoms with E-state index in [0.717, 1.165) is 23.0 Å². The number of hydrogen-bond donors (Lipinski definition) is 2. The predicted molar refractivity (Wildman–Crippen MR) is 120 cm³/mol. The van der Waals surface area contributed by atoms with Gasteiger partial charge < -0.3 is 20.7 Å². The number of ether oxygens (including phenoxy) is 1. The van der Waals surface area contributed by atoms with Crippen LogP contribution in [0.4, 0.5) is 11.5 Å². The van der Waals surface area contributed by atoms with Crippen molar-refractivity contribution in [2.75, 3.05) is 36.9 Å². The van der Waals surface area contributed by atoms with Gasteiger partial charge in [0.1, 0.15) is 18.1 Å². The van der Waals surface area contributed by atoms with Crippen LogP contribution in [0.3, 0.4) is 0 Å². The van der Waals surface area contributed by atoms with Crippen LogP contribution in [0.15, 0.2) is 39.9 Å². The maximum Gasteiger partial charge on any atom is 0.333 e. The lowest BCUT2D eigenvalue weighted by atomic mass is 10.1. The van der Waals surface area contributed by atoms with Crippen LogP contribution in [0, 0.1) is 0 Å². The lowest BCUT2D eigenvalue weighted by Gasteiger charge is -2.30. The van der Waals surface area contributed by atoms with E-state index in [4.69, 9.17) is 10.5 Å². The number of nitrogens with two attached hydrogens (primary N) is 1. The Morgan fingerprint density at radius 3 is 2.48 bits per heavy atom. The molecule has 1 saturated heterocycles. The zero-order chi connectivity index (χ0) is 22.4. The van der Waals surface area contributed by atoms with Crippen molar-refractivity contribution in [3.05, 3.63) is 56.7 Å². The predicted octanol–water partition coefficient (Wildman–Crippen LogP) is 1.11. The minimum absolute atomic E-state index is 0.152. The molecule has 3 N–H and O–H groups in total. The molecular formula is C22H31N5O4. The number of aromatic nitrogens is 2. The van der Waals surface area contributed by atoms with Gasteiger partial charge >= 0.3 is 5.69 Å². The molecule has 9 nitrogen and oxygen atoms in total. The first-order chi connectivity index (χ1) is 14.9. The van der Waals surface area contributed by atoms with Crippen LogP contribution in [0.5, 0.6) is 0 Å². The second-order valence-corrected chi connectivity index (χ2v) is 7.71. The van der Waals surface area contributed by atoms with Crippen molar-refractivity contribution in [2.24, 2.45) is 0 Å². The number of nitrogens with one attached hydrogen (secondary N) is 1. The Hall–Kier alpha value is -3.07. The van der Waals surface area contributed by atoms with Crippen LogP contribution >= 0.6 is 0 Å². The van der Waals surface area contributed by atoms with E-state index in [1.165, 1.54) is 4.57 Å². The Kier molecular flexibility index (Phi) is 7.51. The van der Waals surface area contributed by atoms with Crippen LogP contribution < -0.4 is 27.2 Å². The Bertz CT molecular complexity index is 1010. The van der Waals surface area contributed by atoms with Crippen LogP contribution in [0.2, 0.25) is 0 Å². The van der Waals surface area contributed by atoms with Crippen molar-refractivity contribution in [3.63, 3.8) is 0 Å². The summed E-state index contributed by atoms with van der Waals surface area (Å²) in [5.41, 5.74) is 6.38. The highest BCUT2D eigenvalue weighted by molar-refractivity contribution is 5.76. The first kappa shape index (κ1) is 22.6. The second-order valence-electron chi connectivity index (χ2n) is 7.71. The minimum atomic E-state index is -0.560. The summed E-state index contributed by atoms with van der Waals surface area (Å²) in [5, 5.41) is 2.86. The molecule has 1 aromatic carbocycles. The molecule has 0 bridgehead atoms. The molecule has 3 rings (SSSR count). The van der Waals surface area contributed by atoms with Crippen molar-refractivity contribution in [1.82, 2.24) is 14.5 Å². The number of amides is 1. The largest absolute Gasteiger partial charge is 0.383 e. The Labute approximate surface area is 181 Å². The topological polar surface area (TPSA) is 112 Å². The molecule has 0 spiro atoms. The van der Waals surface area contributed by atoms with Gasteiger partial charge in [0, 0.05) is 19.6 Å². The van der Waals surface area contributed by atoms with E-state index in [0.29, 0.717) is 32.8 Å². The van der Waals surface area contributed by atoms with Crippen molar-refractivity contribution in [1.29, 1.82) is 0 Å². The third kappa shape index (κ3) is 5.16. The van der Waals surface area contributed by atoms with Crippen molar-refractivity contribution in [3.8, 4) is 0 Å². The highest BCUT2D eigenvalue weighted by Crippen LogP contribution is 2.19. The molecule has 0 aliphatic carbocycles. The molecule has 1 amide bonds. The van der Waals surface area contributed by atoms with Gasteiger partial charge in [-0.2, -0.15) is 0 Å². The molecule has 1 fully saturated rings. The average Bonchev–Trinajstić information content (AvgIpc) is 2.78. The molecule has 2 heterocycles. The molecule has 0 unspecified atom stereocenters. The summed E-state index contributed by atoms with van der Waals surface area (Å²) in [4.78, 5) is 40.9. The molecule has 31 heavy (non-hydrogen) atoms. The summed E-state index contributed by atoms with van der Waals surface area (Å²) >= 11 is 0. The van der Waals surface area contributed by atoms with E-state index >= 15 is 0 Å². The van der Waals surface area contributed by atoms with Gasteiger partial charge in [-0.05, 0) is 18.9 Å². The number of nitrogens with zero attached hydrogens (tertiary/aromatic N) is 3. The second kappa shape index (κ2) is 10.3. The molecule has 1 aliphatic heterocycles. The van der Waals surface area contributed by atoms with E-state index in [1.54, 1.807) is 0 Å². The zero-order valence-electron chi connectivity index (χ0n) is 18.2. The molecular weight excluding hydrogens is 398 g/mol. The smallest absolute Gasteiger partial charge is 0.333 e. The van der Waals surface area contributed by atoms with Crippen LogP contribution in [-0.2, 0) is 22.6 Å². The fourth-order valence-electron chi connectivity index (χ4n) is 3.71. The fourth-order valence-corrected chi connectivity index (χ4v) is 3.71. The van der Waals surface area contributed by atoms with E-state index in [9.17, 15) is 14.4 Å². The van der Waals surface area contributed by atoms with Gasteiger partial charge in [-0.1, -0.05) is 43.7 Å². The van der Waals surface area contributed by atoms with Crippen molar-refractivity contribution in [2.45, 2.75) is 45.8 Å². The molecule has 9 heteroatoms. The van der Waals surface area contributed by atoms with Gasteiger partial charge in [0.15, 0.2) is 0 Å². The molecule has 0 saturated carbocycles. The molecule has 168 valence electrons. The molecule has 2 aromatic rings. The monoisotopic (exact) mass is 429 g/mol. The van der Waals surface area contributed by atoms with E-state index in [-0.39, 0.29) is 24.1 Å². The number of nitrogen functional groups attached to an aromatic ring is 1. The molecule has 1 aromatic heterocycles. The Balaban J connectivity index is 1.93. The van der Waals surface area contributed by atoms with E-state index in [1.807, 2.05) is 49.1 Å². The summed E-state index contributed by atoms with van der Waals surface area (Å²) in [6.07, 6.45) is 1.61. The summed E-state index contributed by atoms with van der Waals surface area (Å²) in [7, 11) is 0. The summed E-state index contributed by atoms with van der Waals surface area (Å²) in [6.45, 7) is 5.85. The summed E-state index contributed by atoms with van der Waals surface area (Å²) in [6, 6.07) is 9.26. The third-order valence-electron chi connectivity index (χ3n) is 5.48. The number of morpholine rings is 1. The maximum absolute atomic E-state index is 13.2. The molecule has 0 radical (unpaired) electrons. The Morgan fingerprint density at radius 1 is 1.16 bits per heavy atom. The maximum atomic E-state index is 13.2. The quantitative estimate of drug-likeness (QED) is 0.650. The molecule has 1 aliphatic rings. The van der Waals surface area contributed by atoms with Crippen molar-refractivity contribution >= 4 is 17.4 Å². The number of anilines is 2. The van der Waals surface area contributed by atoms with Gasteiger partial charge in [-0.15, -0.1) is 0 Å². The first-order valence-corrected chi connectivity index (χ1v) is 10.7.